The first-order valence-corrected chi connectivity index (χ1v) is 9.12. The summed E-state index contributed by atoms with van der Waals surface area (Å²) in [5.74, 6) is 0.549. The van der Waals surface area contributed by atoms with E-state index in [-0.39, 0.29) is 17.6 Å². The number of benzene rings is 3. The molecular weight excluding hydrogens is 344 g/mol. The summed E-state index contributed by atoms with van der Waals surface area (Å²) in [5, 5.41) is 2.11. The van der Waals surface area contributed by atoms with Gasteiger partial charge in [-0.25, -0.2) is 8.78 Å². The lowest BCUT2D eigenvalue weighted by molar-refractivity contribution is -0.671. The summed E-state index contributed by atoms with van der Waals surface area (Å²) in [6.07, 6.45) is 0.867. The minimum absolute atomic E-state index is 0.147. The molecule has 0 aliphatic heterocycles. The van der Waals surface area contributed by atoms with E-state index in [0.29, 0.717) is 12.1 Å². The highest BCUT2D eigenvalue weighted by Crippen LogP contribution is 2.29. The minimum atomic E-state index is -0.238. The predicted molar refractivity (Wildman–Crippen MR) is 103 cm³/mol. The lowest BCUT2D eigenvalue weighted by Crippen LogP contribution is -2.82. The molecule has 3 aromatic carbocycles. The Morgan fingerprint density at radius 3 is 2.11 bits per heavy atom. The van der Waals surface area contributed by atoms with Crippen LogP contribution in [0.25, 0.3) is 0 Å². The van der Waals surface area contributed by atoms with E-state index in [9.17, 15) is 8.78 Å². The van der Waals surface area contributed by atoms with Crippen LogP contribution in [0.4, 0.5) is 8.78 Å². The summed E-state index contributed by atoms with van der Waals surface area (Å²) in [6.45, 7) is 1.44. The highest BCUT2D eigenvalue weighted by molar-refractivity contribution is 5.36. The Hall–Kier alpha value is -2.72. The Labute approximate surface area is 158 Å². The van der Waals surface area contributed by atoms with Gasteiger partial charge in [0, 0.05) is 17.9 Å². The molecule has 0 aliphatic rings. The van der Waals surface area contributed by atoms with Crippen LogP contribution in [-0.4, -0.2) is 13.7 Å². The van der Waals surface area contributed by atoms with Gasteiger partial charge in [0.25, 0.3) is 0 Å². The van der Waals surface area contributed by atoms with Gasteiger partial charge in [0.1, 0.15) is 23.9 Å². The number of nitrogens with two attached hydrogens (primary N) is 1. The summed E-state index contributed by atoms with van der Waals surface area (Å²) >= 11 is 0. The van der Waals surface area contributed by atoms with Crippen molar-refractivity contribution in [3.05, 3.63) is 101 Å². The first-order chi connectivity index (χ1) is 13.2. The molecule has 140 valence electrons. The zero-order chi connectivity index (χ0) is 19.1. The second-order valence-electron chi connectivity index (χ2n) is 6.54. The molecule has 0 saturated carbocycles. The Morgan fingerprint density at radius 2 is 1.48 bits per heavy atom. The fourth-order valence-electron chi connectivity index (χ4n) is 3.26. The van der Waals surface area contributed by atoms with Gasteiger partial charge < -0.3 is 10.1 Å². The normalized spacial score (nSPS) is 12.0. The number of quaternary nitrogens is 1. The molecule has 27 heavy (non-hydrogen) atoms. The van der Waals surface area contributed by atoms with Crippen LogP contribution >= 0.6 is 0 Å². The first-order valence-electron chi connectivity index (χ1n) is 9.12. The largest absolute Gasteiger partial charge is 0.497 e. The summed E-state index contributed by atoms with van der Waals surface area (Å²) in [5.41, 5.74) is 2.93. The van der Waals surface area contributed by atoms with Crippen molar-refractivity contribution in [1.82, 2.24) is 0 Å². The molecule has 0 radical (unpaired) electrons. The maximum Gasteiger partial charge on any atom is 0.132 e. The third-order valence-electron chi connectivity index (χ3n) is 4.77. The number of rotatable bonds is 8. The summed E-state index contributed by atoms with van der Waals surface area (Å²) in [6, 6.07) is 21.5. The second-order valence-corrected chi connectivity index (χ2v) is 6.54. The van der Waals surface area contributed by atoms with Gasteiger partial charge in [0.15, 0.2) is 0 Å². The van der Waals surface area contributed by atoms with Crippen LogP contribution in [0.1, 0.15) is 29.0 Å². The van der Waals surface area contributed by atoms with Crippen LogP contribution < -0.4 is 10.1 Å². The molecule has 0 amide bonds. The van der Waals surface area contributed by atoms with Crippen molar-refractivity contribution in [2.45, 2.75) is 18.9 Å². The fourth-order valence-corrected chi connectivity index (χ4v) is 3.26. The van der Waals surface area contributed by atoms with E-state index in [1.54, 1.807) is 13.2 Å². The van der Waals surface area contributed by atoms with Gasteiger partial charge in [-0.1, -0.05) is 42.5 Å². The van der Waals surface area contributed by atoms with Gasteiger partial charge >= 0.3 is 0 Å². The molecule has 4 heteroatoms. The average Bonchev–Trinajstić information content (AvgIpc) is 2.70. The van der Waals surface area contributed by atoms with Crippen LogP contribution in [0, 0.1) is 11.6 Å². The summed E-state index contributed by atoms with van der Waals surface area (Å²) in [4.78, 5) is 0. The Morgan fingerprint density at radius 1 is 0.852 bits per heavy atom. The molecule has 2 nitrogen and oxygen atoms in total. The third-order valence-corrected chi connectivity index (χ3v) is 4.77. The van der Waals surface area contributed by atoms with Crippen molar-refractivity contribution >= 4 is 0 Å². The number of ether oxygens (including phenoxy) is 1. The molecule has 3 aromatic rings. The van der Waals surface area contributed by atoms with Gasteiger partial charge in [-0.2, -0.15) is 0 Å². The van der Waals surface area contributed by atoms with Gasteiger partial charge in [-0.3, -0.25) is 0 Å². The molecule has 0 unspecified atom stereocenters. The fraction of sp³-hybridized carbons (Fsp3) is 0.217. The van der Waals surface area contributed by atoms with Crippen molar-refractivity contribution in [2.75, 3.05) is 13.7 Å². The third kappa shape index (κ3) is 5.14. The van der Waals surface area contributed by atoms with Crippen LogP contribution in [0.5, 0.6) is 5.75 Å². The van der Waals surface area contributed by atoms with Crippen LogP contribution in [0.2, 0.25) is 0 Å². The summed E-state index contributed by atoms with van der Waals surface area (Å²) in [7, 11) is 1.64. The van der Waals surface area contributed by atoms with Crippen molar-refractivity contribution in [2.24, 2.45) is 0 Å². The number of halogens is 2. The van der Waals surface area contributed by atoms with E-state index >= 15 is 0 Å². The Bertz CT molecular complexity index is 847. The van der Waals surface area contributed by atoms with Crippen LogP contribution in [0.3, 0.4) is 0 Å². The number of hydrogen-bond acceptors (Lipinski definition) is 1. The molecule has 0 heterocycles. The lowest BCUT2D eigenvalue weighted by Gasteiger charge is -2.18. The minimum Gasteiger partial charge on any atom is -0.497 e. The Balaban J connectivity index is 1.69. The maximum absolute atomic E-state index is 13.7. The zero-order valence-electron chi connectivity index (χ0n) is 15.4. The van der Waals surface area contributed by atoms with Gasteiger partial charge in [-0.15, -0.1) is 0 Å². The van der Waals surface area contributed by atoms with E-state index in [1.807, 2.05) is 48.5 Å². The topological polar surface area (TPSA) is 25.8 Å². The summed E-state index contributed by atoms with van der Waals surface area (Å²) < 4.78 is 32.3. The molecule has 3 rings (SSSR count). The highest BCUT2D eigenvalue weighted by Gasteiger charge is 2.16. The number of methoxy groups -OCH3 is 1. The quantitative estimate of drug-likeness (QED) is 0.591. The lowest BCUT2D eigenvalue weighted by atomic mass is 9.88. The molecule has 0 spiro atoms. The molecule has 1 atom stereocenters. The van der Waals surface area contributed by atoms with E-state index < -0.39 is 0 Å². The Kier molecular flexibility index (Phi) is 6.55. The highest BCUT2D eigenvalue weighted by atomic mass is 19.1. The van der Waals surface area contributed by atoms with Crippen LogP contribution in [0.15, 0.2) is 72.8 Å². The van der Waals surface area contributed by atoms with Crippen molar-refractivity contribution in [3.63, 3.8) is 0 Å². The maximum atomic E-state index is 13.7. The molecule has 0 fully saturated rings. The second kappa shape index (κ2) is 9.28. The molecule has 2 N–H and O–H groups in total. The first kappa shape index (κ1) is 19.1. The van der Waals surface area contributed by atoms with E-state index in [1.165, 1.54) is 18.2 Å². The van der Waals surface area contributed by atoms with E-state index in [2.05, 4.69) is 5.32 Å². The predicted octanol–water partition coefficient (Wildman–Crippen LogP) is 4.26. The van der Waals surface area contributed by atoms with E-state index in [4.69, 9.17) is 4.74 Å². The van der Waals surface area contributed by atoms with Crippen molar-refractivity contribution in [3.8, 4) is 5.75 Å². The molecule has 0 aliphatic carbocycles. The monoisotopic (exact) mass is 368 g/mol. The standard InChI is InChI=1S/C23H23F2NO/c1-27-21-12-8-18(9-13-21)22(17-6-10-20(24)11-7-17)14-15-26-16-19-4-2-3-5-23(19)25/h2-13,22,26H,14-16H2,1H3/p+1/t22-/m0/s1. The molecular formula is C23H24F2NO+. The molecule has 0 aromatic heterocycles. The van der Waals surface area contributed by atoms with Crippen LogP contribution in [-0.2, 0) is 6.54 Å². The smallest absolute Gasteiger partial charge is 0.132 e. The van der Waals surface area contributed by atoms with Crippen molar-refractivity contribution < 1.29 is 18.8 Å². The SMILES string of the molecule is COc1ccc([C@@H](CC[NH2+]Cc2ccccc2F)c2ccc(F)cc2)cc1. The zero-order valence-corrected chi connectivity index (χ0v) is 15.4. The van der Waals surface area contributed by atoms with Crippen molar-refractivity contribution in [1.29, 1.82) is 0 Å². The molecule has 0 saturated heterocycles. The number of hydrogen-bond donors (Lipinski definition) is 1. The van der Waals surface area contributed by atoms with Gasteiger partial charge in [-0.05, 0) is 41.5 Å². The van der Waals surface area contributed by atoms with Gasteiger partial charge in [0.05, 0.1) is 13.7 Å². The molecule has 0 bridgehead atoms. The van der Waals surface area contributed by atoms with E-state index in [0.717, 1.165) is 29.8 Å². The average molecular weight is 368 g/mol. The van der Waals surface area contributed by atoms with Gasteiger partial charge in [0.2, 0.25) is 0 Å².